The second-order valence-electron chi connectivity index (χ2n) is 10.1. The monoisotopic (exact) mass is 574 g/mol. The van der Waals surface area contributed by atoms with E-state index in [1.807, 2.05) is 11.8 Å². The molecule has 1 rings (SSSR count). The van der Waals surface area contributed by atoms with Crippen molar-refractivity contribution in [1.29, 1.82) is 0 Å². The Morgan fingerprint density at radius 1 is 0.575 bits per heavy atom. The summed E-state index contributed by atoms with van der Waals surface area (Å²) in [5.74, 6) is -5.21. The van der Waals surface area contributed by atoms with Gasteiger partial charge in [-0.2, -0.15) is 0 Å². The van der Waals surface area contributed by atoms with E-state index in [1.54, 1.807) is 9.80 Å². The number of nitrogens with one attached hydrogen (secondary N) is 1. The van der Waals surface area contributed by atoms with Gasteiger partial charge in [0.15, 0.2) is 0 Å². The first-order valence-electron chi connectivity index (χ1n) is 14.0. The minimum Gasteiger partial charge on any atom is -0.481 e. The summed E-state index contributed by atoms with van der Waals surface area (Å²) < 4.78 is 0. The van der Waals surface area contributed by atoms with Crippen LogP contribution in [-0.4, -0.2) is 141 Å². The molecule has 1 fully saturated rings. The molecular weight excluding hydrogens is 528 g/mol. The Bertz CT molecular complexity index is 827. The Balaban J connectivity index is 3.23. The Labute approximate surface area is 234 Å². The van der Waals surface area contributed by atoms with Crippen molar-refractivity contribution >= 4 is 29.8 Å². The Kier molecular flexibility index (Phi) is 17.0. The summed E-state index contributed by atoms with van der Waals surface area (Å²) in [5.41, 5.74) is 0. The van der Waals surface area contributed by atoms with Crippen LogP contribution in [0.25, 0.3) is 0 Å². The van der Waals surface area contributed by atoms with Gasteiger partial charge in [-0.1, -0.05) is 19.8 Å². The highest BCUT2D eigenvalue weighted by Crippen LogP contribution is 2.16. The van der Waals surface area contributed by atoms with E-state index in [1.165, 1.54) is 0 Å². The molecule has 1 saturated heterocycles. The minimum atomic E-state index is -1.13. The molecule has 0 aromatic heterocycles. The van der Waals surface area contributed by atoms with Gasteiger partial charge in [0.2, 0.25) is 0 Å². The summed E-state index contributed by atoms with van der Waals surface area (Å²) in [4.78, 5) is 63.7. The molecule has 0 aliphatic carbocycles. The Hall–Kier alpha value is -2.81. The van der Waals surface area contributed by atoms with E-state index in [2.05, 4.69) is 5.32 Å². The molecule has 0 spiro atoms. The Morgan fingerprint density at radius 2 is 0.900 bits per heavy atom. The van der Waals surface area contributed by atoms with Gasteiger partial charge in [0.1, 0.15) is 18.1 Å². The molecule has 6 N–H and O–H groups in total. The van der Waals surface area contributed by atoms with E-state index in [0.29, 0.717) is 32.6 Å². The molecule has 0 saturated carbocycles. The SMILES string of the molecule is CCCCC(C(=O)O)N1CCNCCN(C(CCCC(=O)O)C(=O)O)CCN(C(CCCC(=O)O)C(=O)O)CC1. The lowest BCUT2D eigenvalue weighted by Gasteiger charge is -2.37. The third kappa shape index (κ3) is 13.5. The van der Waals surface area contributed by atoms with Crippen molar-refractivity contribution in [3.05, 3.63) is 0 Å². The number of hydrogen-bond acceptors (Lipinski definition) is 9. The van der Waals surface area contributed by atoms with Crippen LogP contribution in [0.1, 0.15) is 64.7 Å². The zero-order valence-corrected chi connectivity index (χ0v) is 23.4. The van der Waals surface area contributed by atoms with Crippen LogP contribution in [0.3, 0.4) is 0 Å². The maximum atomic E-state index is 12.3. The number of aliphatic carboxylic acids is 5. The lowest BCUT2D eigenvalue weighted by atomic mass is 10.1. The fraction of sp³-hybridized carbons (Fsp3) is 0.808. The summed E-state index contributed by atoms with van der Waals surface area (Å²) >= 11 is 0. The van der Waals surface area contributed by atoms with Crippen LogP contribution >= 0.6 is 0 Å². The summed E-state index contributed by atoms with van der Waals surface area (Å²) in [5, 5.41) is 51.1. The van der Waals surface area contributed by atoms with Gasteiger partial charge in [-0.25, -0.2) is 0 Å². The summed E-state index contributed by atoms with van der Waals surface area (Å²) in [6, 6.07) is -2.72. The van der Waals surface area contributed by atoms with Crippen LogP contribution in [-0.2, 0) is 24.0 Å². The van der Waals surface area contributed by atoms with Gasteiger partial charge in [-0.3, -0.25) is 38.7 Å². The second kappa shape index (κ2) is 19.3. The first kappa shape index (κ1) is 35.2. The molecule has 0 radical (unpaired) electrons. The fourth-order valence-corrected chi connectivity index (χ4v) is 5.03. The van der Waals surface area contributed by atoms with Gasteiger partial charge in [0.05, 0.1) is 0 Å². The molecule has 14 heteroatoms. The summed E-state index contributed by atoms with van der Waals surface area (Å²) in [6.07, 6.45) is 2.17. The number of carbonyl (C=O) groups is 5. The van der Waals surface area contributed by atoms with Gasteiger partial charge in [0.25, 0.3) is 0 Å². The highest BCUT2D eigenvalue weighted by molar-refractivity contribution is 5.74. The standard InChI is InChI=1S/C26H46N4O10/c1-2-3-6-19(24(35)36)28-13-11-27-12-14-29(20(25(37)38)7-4-9-22(31)32)16-18-30(17-15-28)21(26(39)40)8-5-10-23(33)34/h19-21,27H,2-18H2,1H3,(H,31,32)(H,33,34)(H,35,36)(H,37,38)(H,39,40). The van der Waals surface area contributed by atoms with Crippen molar-refractivity contribution in [3.8, 4) is 0 Å². The average molecular weight is 575 g/mol. The number of carboxylic acids is 5. The summed E-state index contributed by atoms with van der Waals surface area (Å²) in [6.45, 7) is 4.35. The minimum absolute atomic E-state index is 0.0718. The molecule has 3 atom stereocenters. The molecule has 1 aliphatic heterocycles. The van der Waals surface area contributed by atoms with E-state index < -0.39 is 48.0 Å². The number of nitrogens with zero attached hydrogens (tertiary/aromatic N) is 3. The highest BCUT2D eigenvalue weighted by atomic mass is 16.4. The van der Waals surface area contributed by atoms with Gasteiger partial charge < -0.3 is 30.8 Å². The van der Waals surface area contributed by atoms with Gasteiger partial charge >= 0.3 is 29.8 Å². The number of rotatable bonds is 17. The normalized spacial score (nSPS) is 19.0. The van der Waals surface area contributed by atoms with Crippen molar-refractivity contribution in [2.75, 3.05) is 52.4 Å². The third-order valence-corrected chi connectivity index (χ3v) is 7.25. The number of carboxylic acid groups (broad SMARTS) is 5. The average Bonchev–Trinajstić information content (AvgIpc) is 2.86. The largest absolute Gasteiger partial charge is 0.481 e. The van der Waals surface area contributed by atoms with Crippen LogP contribution in [0.5, 0.6) is 0 Å². The molecule has 0 aromatic rings. The molecular formula is C26H46N4O10. The van der Waals surface area contributed by atoms with Crippen LogP contribution in [0.2, 0.25) is 0 Å². The van der Waals surface area contributed by atoms with Crippen LogP contribution in [0.4, 0.5) is 0 Å². The maximum Gasteiger partial charge on any atom is 0.320 e. The second-order valence-corrected chi connectivity index (χ2v) is 10.1. The maximum absolute atomic E-state index is 12.3. The van der Waals surface area contributed by atoms with E-state index in [0.717, 1.165) is 12.8 Å². The molecule has 0 amide bonds. The van der Waals surface area contributed by atoms with E-state index >= 15 is 0 Å². The molecule has 0 aromatic carbocycles. The van der Waals surface area contributed by atoms with Gasteiger partial charge in [0, 0.05) is 65.2 Å². The lowest BCUT2D eigenvalue weighted by molar-refractivity contribution is -0.147. The van der Waals surface area contributed by atoms with Crippen LogP contribution in [0.15, 0.2) is 0 Å². The Morgan fingerprint density at radius 3 is 1.20 bits per heavy atom. The quantitative estimate of drug-likeness (QED) is 0.140. The fourth-order valence-electron chi connectivity index (χ4n) is 5.03. The smallest absolute Gasteiger partial charge is 0.320 e. The van der Waals surface area contributed by atoms with Crippen molar-refractivity contribution in [2.45, 2.75) is 82.8 Å². The zero-order valence-electron chi connectivity index (χ0n) is 23.4. The molecule has 0 bridgehead atoms. The van der Waals surface area contributed by atoms with Crippen molar-refractivity contribution in [3.63, 3.8) is 0 Å². The molecule has 1 aliphatic rings. The first-order chi connectivity index (χ1) is 19.0. The molecule has 1 heterocycles. The molecule has 3 unspecified atom stereocenters. The lowest BCUT2D eigenvalue weighted by Crippen LogP contribution is -2.54. The molecule has 40 heavy (non-hydrogen) atoms. The summed E-state index contributed by atoms with van der Waals surface area (Å²) in [7, 11) is 0. The number of hydrogen-bond donors (Lipinski definition) is 6. The van der Waals surface area contributed by atoms with Crippen LogP contribution in [0, 0.1) is 0 Å². The van der Waals surface area contributed by atoms with E-state index in [-0.39, 0.29) is 64.7 Å². The van der Waals surface area contributed by atoms with Gasteiger partial charge in [-0.15, -0.1) is 0 Å². The predicted octanol–water partition coefficient (Wildman–Crippen LogP) is 0.555. The van der Waals surface area contributed by atoms with Crippen LogP contribution < -0.4 is 5.32 Å². The topological polar surface area (TPSA) is 208 Å². The third-order valence-electron chi connectivity index (χ3n) is 7.25. The van der Waals surface area contributed by atoms with Crippen molar-refractivity contribution in [2.24, 2.45) is 0 Å². The first-order valence-corrected chi connectivity index (χ1v) is 14.0. The highest BCUT2D eigenvalue weighted by Gasteiger charge is 2.31. The number of unbranched alkanes of at least 4 members (excludes halogenated alkanes) is 1. The molecule has 14 nitrogen and oxygen atoms in total. The van der Waals surface area contributed by atoms with E-state index in [9.17, 15) is 39.3 Å². The van der Waals surface area contributed by atoms with Crippen molar-refractivity contribution < 1.29 is 49.5 Å². The predicted molar refractivity (Wildman–Crippen MR) is 144 cm³/mol. The van der Waals surface area contributed by atoms with E-state index in [4.69, 9.17) is 10.2 Å². The zero-order chi connectivity index (χ0) is 30.1. The van der Waals surface area contributed by atoms with Crippen molar-refractivity contribution in [1.82, 2.24) is 20.0 Å². The van der Waals surface area contributed by atoms with Gasteiger partial charge in [-0.05, 0) is 32.1 Å². The molecule has 230 valence electrons.